The van der Waals surface area contributed by atoms with Gasteiger partial charge < -0.3 is 4.43 Å². The summed E-state index contributed by atoms with van der Waals surface area (Å²) in [5.74, 6) is 0. The van der Waals surface area contributed by atoms with E-state index in [9.17, 15) is 0 Å². The van der Waals surface area contributed by atoms with Crippen LogP contribution in [0.15, 0.2) is 0 Å². The van der Waals surface area contributed by atoms with Gasteiger partial charge in [0.15, 0.2) is 0 Å². The summed E-state index contributed by atoms with van der Waals surface area (Å²) in [4.78, 5) is 0. The molecule has 0 aromatic carbocycles. The van der Waals surface area contributed by atoms with Gasteiger partial charge in [0.25, 0.3) is 7.63 Å². The molecule has 0 unspecified atom stereocenters. The Hall–Kier alpha value is -0.0431. The fourth-order valence-corrected chi connectivity index (χ4v) is 1.16. The van der Waals surface area contributed by atoms with Gasteiger partial charge in [-0.2, -0.15) is 5.26 Å². The van der Waals surface area contributed by atoms with E-state index in [0.29, 0.717) is 13.0 Å². The Morgan fingerprint density at radius 3 is 2.56 bits per heavy atom. The summed E-state index contributed by atoms with van der Waals surface area (Å²) in [6.45, 7) is 4.23. The maximum atomic E-state index is 8.11. The van der Waals surface area contributed by atoms with Crippen molar-refractivity contribution in [2.45, 2.75) is 19.5 Å². The molecule has 0 aliphatic rings. The highest BCUT2D eigenvalue weighted by molar-refractivity contribution is 7.15. The van der Waals surface area contributed by atoms with Gasteiger partial charge in [0.1, 0.15) is 0 Å². The third kappa shape index (κ3) is 7.96. The summed E-state index contributed by atoms with van der Waals surface area (Å²) >= 11 is 5.78. The van der Waals surface area contributed by atoms with Crippen molar-refractivity contribution >= 4 is 18.7 Å². The molecule has 0 amide bonds. The predicted molar refractivity (Wildman–Crippen MR) is 39.5 cm³/mol. The highest BCUT2D eigenvalue weighted by Crippen LogP contribution is 2.08. The van der Waals surface area contributed by atoms with Crippen molar-refractivity contribution in [2.24, 2.45) is 0 Å². The second-order valence-corrected chi connectivity index (χ2v) is 7.87. The first-order valence-electron chi connectivity index (χ1n) is 2.76. The number of nitrogens with zero attached hydrogens (tertiary/aromatic N) is 1. The minimum atomic E-state index is -1.87. The summed E-state index contributed by atoms with van der Waals surface area (Å²) in [7, 11) is -1.87. The second kappa shape index (κ2) is 3.88. The number of halogens is 1. The molecule has 0 atom stereocenters. The Morgan fingerprint density at radius 1 is 1.67 bits per heavy atom. The first kappa shape index (κ1) is 8.96. The molecule has 0 saturated heterocycles. The molecule has 0 bridgehead atoms. The number of hydrogen-bond acceptors (Lipinski definition) is 2. The Balaban J connectivity index is 3.20. The van der Waals surface area contributed by atoms with Crippen molar-refractivity contribution in [1.82, 2.24) is 0 Å². The Morgan fingerprint density at radius 2 is 2.22 bits per heavy atom. The molecule has 0 heterocycles. The topological polar surface area (TPSA) is 33.0 Å². The van der Waals surface area contributed by atoms with E-state index in [4.69, 9.17) is 20.8 Å². The molecular formula is C5H10ClNOSi. The minimum Gasteiger partial charge on any atom is -0.402 e. The van der Waals surface area contributed by atoms with E-state index in [1.165, 1.54) is 0 Å². The van der Waals surface area contributed by atoms with Crippen LogP contribution in [0.5, 0.6) is 0 Å². The number of nitriles is 1. The molecule has 0 N–H and O–H groups in total. The van der Waals surface area contributed by atoms with E-state index < -0.39 is 7.63 Å². The summed E-state index contributed by atoms with van der Waals surface area (Å²) < 4.78 is 5.15. The van der Waals surface area contributed by atoms with Gasteiger partial charge in [-0.1, -0.05) is 0 Å². The van der Waals surface area contributed by atoms with Crippen molar-refractivity contribution in [3.05, 3.63) is 0 Å². The van der Waals surface area contributed by atoms with Crippen LogP contribution in [-0.2, 0) is 4.43 Å². The van der Waals surface area contributed by atoms with Gasteiger partial charge in [0, 0.05) is 6.61 Å². The van der Waals surface area contributed by atoms with Crippen LogP contribution in [0.25, 0.3) is 0 Å². The Labute approximate surface area is 61.2 Å². The molecule has 4 heteroatoms. The smallest absolute Gasteiger partial charge is 0.283 e. The monoisotopic (exact) mass is 163 g/mol. The zero-order chi connectivity index (χ0) is 7.33. The van der Waals surface area contributed by atoms with Crippen LogP contribution in [0.4, 0.5) is 0 Å². The lowest BCUT2D eigenvalue weighted by molar-refractivity contribution is 0.329. The van der Waals surface area contributed by atoms with Crippen LogP contribution in [0.2, 0.25) is 13.1 Å². The van der Waals surface area contributed by atoms with Crippen molar-refractivity contribution < 1.29 is 4.43 Å². The largest absolute Gasteiger partial charge is 0.402 e. The zero-order valence-electron chi connectivity index (χ0n) is 5.65. The highest BCUT2D eigenvalue weighted by Gasteiger charge is 2.16. The van der Waals surface area contributed by atoms with Crippen molar-refractivity contribution in [1.29, 1.82) is 5.26 Å². The van der Waals surface area contributed by atoms with E-state index in [2.05, 4.69) is 0 Å². The molecule has 52 valence electrons. The maximum absolute atomic E-state index is 8.11. The third-order valence-electron chi connectivity index (χ3n) is 0.659. The lowest BCUT2D eigenvalue weighted by Crippen LogP contribution is -2.22. The average molecular weight is 164 g/mol. The molecule has 9 heavy (non-hydrogen) atoms. The Bertz CT molecular complexity index is 115. The molecule has 0 radical (unpaired) electrons. The van der Waals surface area contributed by atoms with Crippen LogP contribution in [0.3, 0.4) is 0 Å². The van der Waals surface area contributed by atoms with Crippen molar-refractivity contribution in [2.75, 3.05) is 6.61 Å². The summed E-state index contributed by atoms with van der Waals surface area (Å²) in [5, 5.41) is 8.11. The van der Waals surface area contributed by atoms with E-state index in [1.807, 2.05) is 19.2 Å². The van der Waals surface area contributed by atoms with E-state index in [-0.39, 0.29) is 0 Å². The summed E-state index contributed by atoms with van der Waals surface area (Å²) in [6.07, 6.45) is 0.434. The minimum absolute atomic E-state index is 0.434. The number of rotatable bonds is 3. The van der Waals surface area contributed by atoms with Crippen molar-refractivity contribution in [3.8, 4) is 6.07 Å². The van der Waals surface area contributed by atoms with Gasteiger partial charge in [-0.25, -0.2) is 0 Å². The summed E-state index contributed by atoms with van der Waals surface area (Å²) in [5.41, 5.74) is 0. The van der Waals surface area contributed by atoms with Gasteiger partial charge in [-0.3, -0.25) is 0 Å². The molecule has 0 aliphatic carbocycles. The van der Waals surface area contributed by atoms with E-state index in [0.717, 1.165) is 0 Å². The van der Waals surface area contributed by atoms with Gasteiger partial charge >= 0.3 is 0 Å². The summed E-state index contributed by atoms with van der Waals surface area (Å²) in [6, 6.07) is 1.98. The molecule has 0 saturated carbocycles. The van der Waals surface area contributed by atoms with Crippen LogP contribution in [-0.4, -0.2) is 14.2 Å². The van der Waals surface area contributed by atoms with Crippen LogP contribution < -0.4 is 0 Å². The molecule has 0 rings (SSSR count). The first-order chi connectivity index (χ1) is 4.06. The maximum Gasteiger partial charge on any atom is 0.283 e. The predicted octanol–water partition coefficient (Wildman–Crippen LogP) is 1.86. The molecule has 0 fully saturated rings. The molecule has 0 aromatic heterocycles. The standard InChI is InChI=1S/C5H10ClNOSi/c1-9(2,6)8-5-3-4-7/h3,5H2,1-2H3. The van der Waals surface area contributed by atoms with E-state index in [1.54, 1.807) is 0 Å². The van der Waals surface area contributed by atoms with Crippen LogP contribution in [0.1, 0.15) is 6.42 Å². The fraction of sp³-hybridized carbons (Fsp3) is 0.800. The van der Waals surface area contributed by atoms with E-state index >= 15 is 0 Å². The first-order valence-corrected chi connectivity index (χ1v) is 6.68. The lowest BCUT2D eigenvalue weighted by atomic mass is 10.5. The normalized spacial score (nSPS) is 10.9. The molecule has 0 aliphatic heterocycles. The van der Waals surface area contributed by atoms with Gasteiger partial charge in [-0.15, -0.1) is 11.1 Å². The second-order valence-electron chi connectivity index (χ2n) is 2.12. The fourth-order valence-electron chi connectivity index (χ4n) is 0.339. The SMILES string of the molecule is C[Si](C)(Cl)OCCC#N. The van der Waals surface area contributed by atoms with Gasteiger partial charge in [0.05, 0.1) is 12.5 Å². The van der Waals surface area contributed by atoms with Crippen molar-refractivity contribution in [3.63, 3.8) is 0 Å². The molecular weight excluding hydrogens is 154 g/mol. The van der Waals surface area contributed by atoms with Gasteiger partial charge in [0.2, 0.25) is 0 Å². The molecule has 0 aromatic rings. The lowest BCUT2D eigenvalue weighted by Gasteiger charge is -2.11. The van der Waals surface area contributed by atoms with Crippen LogP contribution >= 0.6 is 11.1 Å². The van der Waals surface area contributed by atoms with Crippen LogP contribution in [0, 0.1) is 11.3 Å². The average Bonchev–Trinajstić information content (AvgIpc) is 1.63. The highest BCUT2D eigenvalue weighted by atomic mass is 35.6. The number of hydrogen-bond donors (Lipinski definition) is 0. The molecule has 2 nitrogen and oxygen atoms in total. The van der Waals surface area contributed by atoms with Gasteiger partial charge in [-0.05, 0) is 13.1 Å². The third-order valence-corrected chi connectivity index (χ3v) is 1.88. The molecule has 0 spiro atoms. The Kier molecular flexibility index (Phi) is 3.87. The zero-order valence-corrected chi connectivity index (χ0v) is 7.40. The quantitative estimate of drug-likeness (QED) is 0.362.